The van der Waals surface area contributed by atoms with Gasteiger partial charge in [-0.15, -0.1) is 0 Å². The van der Waals surface area contributed by atoms with Crippen LogP contribution in [0.1, 0.15) is 51.7 Å². The molecule has 4 nitrogen and oxygen atoms in total. The van der Waals surface area contributed by atoms with Crippen molar-refractivity contribution in [2.45, 2.75) is 52.2 Å². The summed E-state index contributed by atoms with van der Waals surface area (Å²) in [6.07, 6.45) is 1.11. The number of hydrogen-bond acceptors (Lipinski definition) is 4. The number of carbonyl (C=O) groups excluding carboxylic acids is 1. The van der Waals surface area contributed by atoms with Crippen molar-refractivity contribution in [3.8, 4) is 5.75 Å². The summed E-state index contributed by atoms with van der Waals surface area (Å²) in [7, 11) is 0. The molecule has 0 aliphatic rings. The second kappa shape index (κ2) is 8.59. The van der Waals surface area contributed by atoms with Gasteiger partial charge in [0.15, 0.2) is 6.10 Å². The van der Waals surface area contributed by atoms with Crippen LogP contribution in [0.15, 0.2) is 24.3 Å². The Morgan fingerprint density at radius 3 is 2.35 bits per heavy atom. The average Bonchev–Trinajstić information content (AvgIpc) is 2.47. The Balaban J connectivity index is 2.71. The van der Waals surface area contributed by atoms with Gasteiger partial charge >= 0.3 is 5.97 Å². The fourth-order valence-corrected chi connectivity index (χ4v) is 1.89. The lowest BCUT2D eigenvalue weighted by molar-refractivity contribution is -0.151. The molecule has 0 amide bonds. The predicted molar refractivity (Wildman–Crippen MR) is 77.6 cm³/mol. The van der Waals surface area contributed by atoms with Gasteiger partial charge in [-0.3, -0.25) is 0 Å². The van der Waals surface area contributed by atoms with Crippen LogP contribution in [0.25, 0.3) is 0 Å². The molecule has 1 aromatic carbocycles. The van der Waals surface area contributed by atoms with Crippen molar-refractivity contribution < 1.29 is 19.4 Å². The van der Waals surface area contributed by atoms with E-state index in [4.69, 9.17) is 9.47 Å². The van der Waals surface area contributed by atoms with Gasteiger partial charge in [-0.2, -0.15) is 0 Å². The smallest absolute Gasteiger partial charge is 0.347 e. The van der Waals surface area contributed by atoms with E-state index in [0.29, 0.717) is 25.2 Å². The third-order valence-electron chi connectivity index (χ3n) is 3.03. The maximum Gasteiger partial charge on any atom is 0.347 e. The minimum Gasteiger partial charge on any atom is -0.479 e. The number of aliphatic hydroxyl groups excluding tert-OH is 1. The van der Waals surface area contributed by atoms with Crippen LogP contribution in [0, 0.1) is 0 Å². The molecule has 20 heavy (non-hydrogen) atoms. The summed E-state index contributed by atoms with van der Waals surface area (Å²) < 4.78 is 10.7. The molecule has 2 atom stereocenters. The minimum atomic E-state index is -0.568. The van der Waals surface area contributed by atoms with E-state index < -0.39 is 12.2 Å². The van der Waals surface area contributed by atoms with Crippen molar-refractivity contribution in [3.05, 3.63) is 29.8 Å². The summed E-state index contributed by atoms with van der Waals surface area (Å²) in [4.78, 5) is 11.8. The number of aliphatic hydroxyl groups is 1. The number of rotatable bonds is 8. The molecule has 0 aromatic heterocycles. The number of ether oxygens (including phenoxy) is 2. The van der Waals surface area contributed by atoms with Crippen molar-refractivity contribution >= 4 is 5.97 Å². The number of hydrogen-bond donors (Lipinski definition) is 1. The number of carbonyl (C=O) groups is 1. The van der Waals surface area contributed by atoms with Gasteiger partial charge in [0.1, 0.15) is 5.75 Å². The first-order valence-electron chi connectivity index (χ1n) is 7.23. The molecule has 0 aliphatic heterocycles. The van der Waals surface area contributed by atoms with Crippen molar-refractivity contribution in [2.75, 3.05) is 6.61 Å². The van der Waals surface area contributed by atoms with Crippen molar-refractivity contribution in [3.63, 3.8) is 0 Å². The van der Waals surface area contributed by atoms with Crippen LogP contribution in [-0.4, -0.2) is 23.8 Å². The van der Waals surface area contributed by atoms with Crippen molar-refractivity contribution in [1.29, 1.82) is 0 Å². The monoisotopic (exact) mass is 280 g/mol. The Hall–Kier alpha value is -1.55. The summed E-state index contributed by atoms with van der Waals surface area (Å²) >= 11 is 0. The van der Waals surface area contributed by atoms with Gasteiger partial charge in [0.2, 0.25) is 0 Å². The molecule has 0 spiro atoms. The second-order valence-corrected chi connectivity index (χ2v) is 4.64. The van der Waals surface area contributed by atoms with E-state index in [2.05, 4.69) is 0 Å². The molecule has 1 rings (SSSR count). The largest absolute Gasteiger partial charge is 0.479 e. The van der Waals surface area contributed by atoms with Crippen molar-refractivity contribution in [2.24, 2.45) is 0 Å². The van der Waals surface area contributed by atoms with E-state index in [0.717, 1.165) is 12.0 Å². The van der Waals surface area contributed by atoms with E-state index in [9.17, 15) is 9.90 Å². The van der Waals surface area contributed by atoms with Gasteiger partial charge in [-0.05, 0) is 37.5 Å². The zero-order chi connectivity index (χ0) is 15.0. The molecule has 1 unspecified atom stereocenters. The quantitative estimate of drug-likeness (QED) is 0.743. The van der Waals surface area contributed by atoms with Crippen LogP contribution in [0.5, 0.6) is 5.75 Å². The van der Waals surface area contributed by atoms with E-state index >= 15 is 0 Å². The zero-order valence-electron chi connectivity index (χ0n) is 12.5. The average molecular weight is 280 g/mol. The lowest BCUT2D eigenvalue weighted by Gasteiger charge is -2.17. The third kappa shape index (κ3) is 4.85. The van der Waals surface area contributed by atoms with Gasteiger partial charge in [-0.25, -0.2) is 4.79 Å². The van der Waals surface area contributed by atoms with Crippen LogP contribution in [-0.2, 0) is 9.53 Å². The maximum absolute atomic E-state index is 11.8. The standard InChI is InChI=1S/C16H24O4/c1-4-7-15(16(18)19-6-3)20-13-10-8-12(9-11-13)14(17)5-2/h8-11,14-15,17H,4-7H2,1-3H3/t14-,15?/m0/s1. The summed E-state index contributed by atoms with van der Waals surface area (Å²) in [6, 6.07) is 7.18. The SMILES string of the molecule is CCCC(Oc1ccc([C@@H](O)CC)cc1)C(=O)OCC. The Labute approximate surface area is 120 Å². The number of benzene rings is 1. The van der Waals surface area contributed by atoms with Gasteiger partial charge in [0, 0.05) is 0 Å². The Morgan fingerprint density at radius 2 is 1.85 bits per heavy atom. The van der Waals surface area contributed by atoms with Crippen LogP contribution >= 0.6 is 0 Å². The highest BCUT2D eigenvalue weighted by atomic mass is 16.6. The summed E-state index contributed by atoms with van der Waals surface area (Å²) in [5.41, 5.74) is 0.850. The molecular formula is C16H24O4. The van der Waals surface area contributed by atoms with E-state index in [-0.39, 0.29) is 5.97 Å². The topological polar surface area (TPSA) is 55.8 Å². The fourth-order valence-electron chi connectivity index (χ4n) is 1.89. The van der Waals surface area contributed by atoms with Gasteiger partial charge in [0.25, 0.3) is 0 Å². The minimum absolute atomic E-state index is 0.327. The third-order valence-corrected chi connectivity index (χ3v) is 3.03. The molecule has 0 heterocycles. The molecular weight excluding hydrogens is 256 g/mol. The first-order valence-corrected chi connectivity index (χ1v) is 7.23. The molecule has 0 aliphatic carbocycles. The van der Waals surface area contributed by atoms with Gasteiger partial charge in [0.05, 0.1) is 12.7 Å². The Bertz CT molecular complexity index is 399. The molecule has 1 N–H and O–H groups in total. The van der Waals surface area contributed by atoms with Gasteiger partial charge in [-0.1, -0.05) is 32.4 Å². The van der Waals surface area contributed by atoms with Crippen LogP contribution in [0.2, 0.25) is 0 Å². The normalized spacial score (nSPS) is 13.6. The molecule has 1 aromatic rings. The van der Waals surface area contributed by atoms with Crippen LogP contribution in [0.4, 0.5) is 0 Å². The van der Waals surface area contributed by atoms with E-state index in [1.54, 1.807) is 19.1 Å². The first-order chi connectivity index (χ1) is 9.62. The summed E-state index contributed by atoms with van der Waals surface area (Å²) in [6.45, 7) is 6.05. The lowest BCUT2D eigenvalue weighted by atomic mass is 10.1. The second-order valence-electron chi connectivity index (χ2n) is 4.64. The number of esters is 1. The fraction of sp³-hybridized carbons (Fsp3) is 0.562. The molecule has 4 heteroatoms. The summed E-state index contributed by atoms with van der Waals surface area (Å²) in [5, 5.41) is 9.73. The highest BCUT2D eigenvalue weighted by molar-refractivity contribution is 5.75. The zero-order valence-corrected chi connectivity index (χ0v) is 12.5. The maximum atomic E-state index is 11.8. The van der Waals surface area contributed by atoms with Gasteiger partial charge < -0.3 is 14.6 Å². The summed E-state index contributed by atoms with van der Waals surface area (Å²) in [5.74, 6) is 0.288. The molecule has 112 valence electrons. The molecule has 0 fully saturated rings. The molecule has 0 saturated heterocycles. The highest BCUT2D eigenvalue weighted by Crippen LogP contribution is 2.21. The lowest BCUT2D eigenvalue weighted by Crippen LogP contribution is -2.29. The first kappa shape index (κ1) is 16.5. The van der Waals surface area contributed by atoms with Crippen LogP contribution in [0.3, 0.4) is 0 Å². The highest BCUT2D eigenvalue weighted by Gasteiger charge is 2.20. The van der Waals surface area contributed by atoms with Crippen LogP contribution < -0.4 is 4.74 Å². The van der Waals surface area contributed by atoms with E-state index in [1.165, 1.54) is 0 Å². The Morgan fingerprint density at radius 1 is 1.20 bits per heavy atom. The predicted octanol–water partition coefficient (Wildman–Crippen LogP) is 3.24. The molecule has 0 saturated carbocycles. The Kier molecular flexibility index (Phi) is 7.09. The van der Waals surface area contributed by atoms with E-state index in [1.807, 2.05) is 26.0 Å². The molecule has 0 radical (unpaired) electrons. The molecule has 0 bridgehead atoms. The van der Waals surface area contributed by atoms with Crippen molar-refractivity contribution in [1.82, 2.24) is 0 Å².